The number of aliphatic hydroxyl groups is 1. The molecule has 0 aliphatic heterocycles. The van der Waals surface area contributed by atoms with Gasteiger partial charge >= 0.3 is 0 Å². The molecule has 0 heterocycles. The van der Waals surface area contributed by atoms with Crippen LogP contribution in [0.15, 0.2) is 23.1 Å². The van der Waals surface area contributed by atoms with E-state index in [-0.39, 0.29) is 6.61 Å². The summed E-state index contributed by atoms with van der Waals surface area (Å²) in [7, 11) is 0. The number of thioether (sulfide) groups is 1. The first-order valence-electron chi connectivity index (χ1n) is 4.52. The van der Waals surface area contributed by atoms with E-state index in [1.807, 2.05) is 39.2 Å². The fourth-order valence-corrected chi connectivity index (χ4v) is 1.47. The summed E-state index contributed by atoms with van der Waals surface area (Å²) in [6, 6.07) is 6.10. The van der Waals surface area contributed by atoms with E-state index in [1.54, 1.807) is 11.8 Å². The number of rotatable bonds is 2. The highest BCUT2D eigenvalue weighted by Gasteiger charge is 1.96. The van der Waals surface area contributed by atoms with Gasteiger partial charge in [0.1, 0.15) is 0 Å². The van der Waals surface area contributed by atoms with Gasteiger partial charge in [0.25, 0.3) is 0 Å². The summed E-state index contributed by atoms with van der Waals surface area (Å²) in [6.45, 7) is 6.16. The Bertz CT molecular complexity index is 246. The zero-order valence-electron chi connectivity index (χ0n) is 8.79. The largest absolute Gasteiger partial charge is 0.392 e. The molecule has 74 valence electrons. The predicted octanol–water partition coefficient (Wildman–Crippen LogP) is 3.24. The summed E-state index contributed by atoms with van der Waals surface area (Å²) < 4.78 is 0. The Morgan fingerprint density at radius 1 is 1.31 bits per heavy atom. The van der Waals surface area contributed by atoms with E-state index in [1.165, 1.54) is 10.5 Å². The molecule has 0 unspecified atom stereocenters. The fourth-order valence-electron chi connectivity index (χ4n) is 0.973. The van der Waals surface area contributed by atoms with Gasteiger partial charge in [-0.1, -0.05) is 19.9 Å². The van der Waals surface area contributed by atoms with Crippen molar-refractivity contribution in [3.63, 3.8) is 0 Å². The number of aryl methyl sites for hydroxylation is 1. The van der Waals surface area contributed by atoms with Crippen LogP contribution >= 0.6 is 11.8 Å². The summed E-state index contributed by atoms with van der Waals surface area (Å²) in [6.07, 6.45) is 2.05. The number of hydrogen-bond acceptors (Lipinski definition) is 2. The predicted molar refractivity (Wildman–Crippen MR) is 60.2 cm³/mol. The lowest BCUT2D eigenvalue weighted by atomic mass is 10.1. The van der Waals surface area contributed by atoms with Crippen LogP contribution in [0.2, 0.25) is 0 Å². The van der Waals surface area contributed by atoms with E-state index in [0.717, 1.165) is 5.56 Å². The fraction of sp³-hybridized carbons (Fsp3) is 0.455. The van der Waals surface area contributed by atoms with E-state index >= 15 is 0 Å². The normalized spacial score (nSPS) is 9.00. The molecule has 0 aliphatic carbocycles. The maximum atomic E-state index is 8.88. The Morgan fingerprint density at radius 2 is 1.92 bits per heavy atom. The molecule has 1 nitrogen and oxygen atoms in total. The Kier molecular flexibility index (Phi) is 6.73. The lowest BCUT2D eigenvalue weighted by molar-refractivity contribution is 0.281. The minimum absolute atomic E-state index is 0.139. The van der Waals surface area contributed by atoms with E-state index in [2.05, 4.69) is 6.07 Å². The molecule has 0 amide bonds. The van der Waals surface area contributed by atoms with Gasteiger partial charge in [-0.2, -0.15) is 0 Å². The molecule has 1 aromatic rings. The number of hydrogen-bond donors (Lipinski definition) is 1. The maximum absolute atomic E-state index is 8.88. The molecule has 0 atom stereocenters. The third-order valence-electron chi connectivity index (χ3n) is 1.72. The van der Waals surface area contributed by atoms with Gasteiger partial charge in [0, 0.05) is 4.90 Å². The van der Waals surface area contributed by atoms with Crippen LogP contribution < -0.4 is 0 Å². The summed E-state index contributed by atoms with van der Waals surface area (Å²) in [5.74, 6) is 0. The SMILES string of the molecule is CC.CSc1ccc(CO)c(C)c1. The molecule has 1 aromatic carbocycles. The van der Waals surface area contributed by atoms with Crippen molar-refractivity contribution in [3.05, 3.63) is 29.3 Å². The smallest absolute Gasteiger partial charge is 0.0684 e. The van der Waals surface area contributed by atoms with Gasteiger partial charge in [0.15, 0.2) is 0 Å². The molecule has 13 heavy (non-hydrogen) atoms. The van der Waals surface area contributed by atoms with Crippen LogP contribution in [0.4, 0.5) is 0 Å². The molecular formula is C11H18OS. The van der Waals surface area contributed by atoms with Crippen molar-refractivity contribution in [2.45, 2.75) is 32.3 Å². The van der Waals surface area contributed by atoms with Crippen molar-refractivity contribution in [2.75, 3.05) is 6.26 Å². The van der Waals surface area contributed by atoms with Gasteiger partial charge in [0.05, 0.1) is 6.61 Å². The summed E-state index contributed by atoms with van der Waals surface area (Å²) >= 11 is 1.72. The van der Waals surface area contributed by atoms with Crippen molar-refractivity contribution in [3.8, 4) is 0 Å². The van der Waals surface area contributed by atoms with Crippen molar-refractivity contribution >= 4 is 11.8 Å². The highest BCUT2D eigenvalue weighted by molar-refractivity contribution is 7.98. The topological polar surface area (TPSA) is 20.2 Å². The quantitative estimate of drug-likeness (QED) is 0.736. The maximum Gasteiger partial charge on any atom is 0.0684 e. The molecule has 0 saturated heterocycles. The highest BCUT2D eigenvalue weighted by Crippen LogP contribution is 2.18. The van der Waals surface area contributed by atoms with Crippen LogP contribution in [0.5, 0.6) is 0 Å². The van der Waals surface area contributed by atoms with Crippen LogP contribution in [0, 0.1) is 6.92 Å². The average molecular weight is 198 g/mol. The molecule has 0 saturated carbocycles. The van der Waals surface area contributed by atoms with Gasteiger partial charge in [0.2, 0.25) is 0 Å². The minimum Gasteiger partial charge on any atom is -0.392 e. The molecule has 0 aromatic heterocycles. The molecule has 0 aliphatic rings. The molecule has 0 fully saturated rings. The molecule has 0 radical (unpaired) electrons. The van der Waals surface area contributed by atoms with E-state index in [9.17, 15) is 0 Å². The van der Waals surface area contributed by atoms with Crippen molar-refractivity contribution in [2.24, 2.45) is 0 Å². The molecule has 1 rings (SSSR count). The zero-order chi connectivity index (χ0) is 10.3. The molecule has 0 bridgehead atoms. The summed E-state index contributed by atoms with van der Waals surface area (Å²) in [4.78, 5) is 1.25. The second kappa shape index (κ2) is 6.98. The van der Waals surface area contributed by atoms with Crippen molar-refractivity contribution < 1.29 is 5.11 Å². The number of benzene rings is 1. The monoisotopic (exact) mass is 198 g/mol. The third kappa shape index (κ3) is 3.83. The van der Waals surface area contributed by atoms with Gasteiger partial charge in [-0.05, 0) is 36.4 Å². The Morgan fingerprint density at radius 3 is 2.31 bits per heavy atom. The third-order valence-corrected chi connectivity index (χ3v) is 2.45. The van der Waals surface area contributed by atoms with Crippen molar-refractivity contribution in [1.82, 2.24) is 0 Å². The van der Waals surface area contributed by atoms with Gasteiger partial charge in [-0.25, -0.2) is 0 Å². The Labute approximate surface area is 85.2 Å². The first-order chi connectivity index (χ1) is 6.27. The molecule has 2 heteroatoms. The van der Waals surface area contributed by atoms with Crippen LogP contribution in [-0.2, 0) is 6.61 Å². The summed E-state index contributed by atoms with van der Waals surface area (Å²) in [5, 5.41) is 8.88. The lowest BCUT2D eigenvalue weighted by Gasteiger charge is -2.03. The zero-order valence-corrected chi connectivity index (χ0v) is 9.61. The lowest BCUT2D eigenvalue weighted by Crippen LogP contribution is -1.87. The first-order valence-corrected chi connectivity index (χ1v) is 5.74. The Balaban J connectivity index is 0.000000671. The van der Waals surface area contributed by atoms with Crippen LogP contribution in [-0.4, -0.2) is 11.4 Å². The molecule has 1 N–H and O–H groups in total. The second-order valence-corrected chi connectivity index (χ2v) is 3.33. The standard InChI is InChI=1S/C9H12OS.C2H6/c1-7-5-9(11-2)4-3-8(7)6-10;1-2/h3-5,10H,6H2,1-2H3;1-2H3. The number of aliphatic hydroxyl groups excluding tert-OH is 1. The minimum atomic E-state index is 0.139. The Hall–Kier alpha value is -0.470. The van der Waals surface area contributed by atoms with E-state index in [0.29, 0.717) is 0 Å². The molecule has 0 spiro atoms. The van der Waals surface area contributed by atoms with Gasteiger partial charge in [-0.3, -0.25) is 0 Å². The second-order valence-electron chi connectivity index (χ2n) is 2.45. The van der Waals surface area contributed by atoms with E-state index in [4.69, 9.17) is 5.11 Å². The summed E-state index contributed by atoms with van der Waals surface area (Å²) in [5.41, 5.74) is 2.18. The van der Waals surface area contributed by atoms with Gasteiger partial charge < -0.3 is 5.11 Å². The average Bonchev–Trinajstić information content (AvgIpc) is 2.20. The molecular weight excluding hydrogens is 180 g/mol. The van der Waals surface area contributed by atoms with Gasteiger partial charge in [-0.15, -0.1) is 11.8 Å². The van der Waals surface area contributed by atoms with E-state index < -0.39 is 0 Å². The van der Waals surface area contributed by atoms with Crippen LogP contribution in [0.3, 0.4) is 0 Å². The van der Waals surface area contributed by atoms with Crippen LogP contribution in [0.25, 0.3) is 0 Å². The van der Waals surface area contributed by atoms with Crippen molar-refractivity contribution in [1.29, 1.82) is 0 Å². The first kappa shape index (κ1) is 12.5. The highest BCUT2D eigenvalue weighted by atomic mass is 32.2. The van der Waals surface area contributed by atoms with Crippen LogP contribution in [0.1, 0.15) is 25.0 Å².